The van der Waals surface area contributed by atoms with Crippen molar-refractivity contribution in [3.8, 4) is 0 Å². The van der Waals surface area contributed by atoms with E-state index in [0.29, 0.717) is 17.8 Å². The third-order valence-electron chi connectivity index (χ3n) is 6.41. The Labute approximate surface area is 197 Å². The van der Waals surface area contributed by atoms with Gasteiger partial charge in [-0.25, -0.2) is 4.98 Å². The molecule has 0 bridgehead atoms. The van der Waals surface area contributed by atoms with E-state index in [9.17, 15) is 10.1 Å². The van der Waals surface area contributed by atoms with Crippen LogP contribution in [0.1, 0.15) is 36.9 Å². The third-order valence-corrected chi connectivity index (χ3v) is 6.41. The summed E-state index contributed by atoms with van der Waals surface area (Å²) >= 11 is 0. The minimum absolute atomic E-state index is 0.0419. The van der Waals surface area contributed by atoms with Crippen molar-refractivity contribution < 1.29 is 4.92 Å². The van der Waals surface area contributed by atoms with E-state index in [1.54, 1.807) is 30.7 Å². The van der Waals surface area contributed by atoms with E-state index < -0.39 is 4.92 Å². The van der Waals surface area contributed by atoms with Gasteiger partial charge < -0.3 is 10.6 Å². The molecule has 3 unspecified atom stereocenters. The number of non-ortho nitro benzene ring substituents is 1. The zero-order valence-electron chi connectivity index (χ0n) is 18.9. The van der Waals surface area contributed by atoms with E-state index in [-0.39, 0.29) is 16.3 Å². The Balaban J connectivity index is 1.36. The van der Waals surface area contributed by atoms with Gasteiger partial charge in [-0.1, -0.05) is 18.2 Å². The highest BCUT2D eigenvalue weighted by Crippen LogP contribution is 2.41. The van der Waals surface area contributed by atoms with Gasteiger partial charge in [0.25, 0.3) is 11.5 Å². The monoisotopic (exact) mass is 459 g/mol. The molecule has 0 amide bonds. The van der Waals surface area contributed by atoms with Gasteiger partial charge in [0.05, 0.1) is 11.0 Å². The first-order valence-corrected chi connectivity index (χ1v) is 11.4. The molecule has 5 rings (SSSR count). The number of nitrogens with zero attached hydrogens (tertiary/aromatic N) is 5. The Morgan fingerprint density at radius 1 is 1.29 bits per heavy atom. The molecule has 0 spiro atoms. The van der Waals surface area contributed by atoms with Crippen molar-refractivity contribution in [1.29, 1.82) is 0 Å². The van der Waals surface area contributed by atoms with Gasteiger partial charge in [-0.05, 0) is 49.9 Å². The zero-order valence-corrected chi connectivity index (χ0v) is 18.9. The number of anilines is 1. The molecule has 1 fully saturated rings. The second kappa shape index (κ2) is 8.90. The number of aromatic nitrogens is 2. The number of nitro groups is 1. The second-order valence-corrected chi connectivity index (χ2v) is 8.80. The summed E-state index contributed by atoms with van der Waals surface area (Å²) in [7, 11) is 0. The molecule has 2 aliphatic heterocycles. The molecule has 0 saturated carbocycles. The molecule has 10 heteroatoms. The molecule has 1 aromatic heterocycles. The number of aliphatic imine (C=N–C) groups is 1. The van der Waals surface area contributed by atoms with E-state index in [1.165, 1.54) is 24.5 Å². The Hall–Kier alpha value is -3.73. The van der Waals surface area contributed by atoms with Gasteiger partial charge in [0.15, 0.2) is 5.69 Å². The van der Waals surface area contributed by atoms with Gasteiger partial charge in [-0.2, -0.15) is 15.8 Å². The summed E-state index contributed by atoms with van der Waals surface area (Å²) in [6, 6.07) is 14.8. The fourth-order valence-corrected chi connectivity index (χ4v) is 4.54. The van der Waals surface area contributed by atoms with E-state index in [1.807, 2.05) is 19.1 Å². The Bertz CT molecular complexity index is 1260. The number of rotatable bonds is 7. The lowest BCUT2D eigenvalue weighted by molar-refractivity contribution is -0.384. The van der Waals surface area contributed by atoms with Crippen LogP contribution in [-0.4, -0.2) is 33.8 Å². The van der Waals surface area contributed by atoms with Gasteiger partial charge >= 0.3 is 0 Å². The van der Waals surface area contributed by atoms with Gasteiger partial charge in [0.2, 0.25) is 12.3 Å². The van der Waals surface area contributed by atoms with Crippen molar-refractivity contribution in [3.05, 3.63) is 76.0 Å². The molecule has 3 heterocycles. The van der Waals surface area contributed by atoms with Crippen LogP contribution in [0.4, 0.5) is 28.8 Å². The van der Waals surface area contributed by atoms with Crippen molar-refractivity contribution in [2.24, 2.45) is 10.8 Å². The van der Waals surface area contributed by atoms with Crippen molar-refractivity contribution in [2.45, 2.75) is 38.3 Å². The molecule has 2 aliphatic rings. The zero-order chi connectivity index (χ0) is 23.7. The first kappa shape index (κ1) is 22.1. The number of fused-ring (bicyclic) bond motifs is 1. The Kier molecular flexibility index (Phi) is 5.78. The van der Waals surface area contributed by atoms with Crippen LogP contribution in [0.5, 0.6) is 0 Å². The molecule has 2 aromatic carbocycles. The van der Waals surface area contributed by atoms with Crippen LogP contribution < -0.4 is 21.1 Å². The average Bonchev–Trinajstić information content (AvgIpc) is 3.48. The van der Waals surface area contributed by atoms with Crippen LogP contribution in [0, 0.1) is 10.1 Å². The molecule has 3 atom stereocenters. The fraction of sp³-hybridized carbons (Fsp3) is 0.292. The van der Waals surface area contributed by atoms with Gasteiger partial charge in [0, 0.05) is 36.5 Å². The standard InChI is InChI=1S/C24H27N8O2/c1-16(18-4-2-6-20(14-18)31(33)34)29-24-27-11-9-23(30-24)32(25)15-28-21-13-17(7-8-22(21)32)12-19-5-3-10-26-19/h2,4,6-9,11,13-16,19,26H,3,5,10,12,25H2,1H3,(H,27,29,30)/q+1. The molecule has 4 N–H and O–H groups in total. The van der Waals surface area contributed by atoms with Crippen LogP contribution in [0.2, 0.25) is 0 Å². The summed E-state index contributed by atoms with van der Waals surface area (Å²) in [6.45, 7) is 2.98. The highest BCUT2D eigenvalue weighted by atomic mass is 16.6. The summed E-state index contributed by atoms with van der Waals surface area (Å²) in [4.78, 5) is 24.2. The predicted octanol–water partition coefficient (Wildman–Crippen LogP) is 4.04. The lowest BCUT2D eigenvalue weighted by atomic mass is 10.0. The number of hydrogen-bond acceptors (Lipinski definition) is 8. The average molecular weight is 460 g/mol. The van der Waals surface area contributed by atoms with Crippen molar-refractivity contribution >= 4 is 35.2 Å². The lowest BCUT2D eigenvalue weighted by Crippen LogP contribution is -2.49. The molecule has 174 valence electrons. The number of hydrogen-bond donors (Lipinski definition) is 3. The van der Waals surface area contributed by atoms with Crippen LogP contribution in [-0.2, 0) is 6.42 Å². The molecule has 1 saturated heterocycles. The van der Waals surface area contributed by atoms with Crippen LogP contribution in [0.25, 0.3) is 0 Å². The number of quaternary nitrogens is 1. The minimum atomic E-state index is -0.407. The molecule has 10 nitrogen and oxygen atoms in total. The van der Waals surface area contributed by atoms with E-state index in [4.69, 9.17) is 5.84 Å². The van der Waals surface area contributed by atoms with Crippen LogP contribution >= 0.6 is 0 Å². The first-order valence-electron chi connectivity index (χ1n) is 11.4. The SMILES string of the molecule is CC(Nc1nccc([N+]2(N)C=Nc3cc(CC4CCCN4)ccc32)n1)c1cccc([N+](=O)[O-])c1. The van der Waals surface area contributed by atoms with Gasteiger partial charge in [-0.3, -0.25) is 10.1 Å². The highest BCUT2D eigenvalue weighted by Gasteiger charge is 2.38. The quantitative estimate of drug-likeness (QED) is 0.210. The molecule has 0 radical (unpaired) electrons. The third kappa shape index (κ3) is 4.26. The summed E-state index contributed by atoms with van der Waals surface area (Å²) in [5.74, 6) is 7.70. The molecular formula is C24H27N8O2+. The number of nitro benzene ring substituents is 1. The normalized spacial score (nSPS) is 21.9. The Morgan fingerprint density at radius 2 is 2.18 bits per heavy atom. The van der Waals surface area contributed by atoms with Gasteiger partial charge in [0.1, 0.15) is 5.69 Å². The molecule has 34 heavy (non-hydrogen) atoms. The van der Waals surface area contributed by atoms with Crippen LogP contribution in [0.3, 0.4) is 0 Å². The summed E-state index contributed by atoms with van der Waals surface area (Å²) in [5, 5.41) is 17.8. The largest absolute Gasteiger partial charge is 0.348 e. The number of nitrogens with two attached hydrogens (primary N) is 1. The maximum absolute atomic E-state index is 11.1. The maximum atomic E-state index is 11.1. The molecule has 0 aliphatic carbocycles. The van der Waals surface area contributed by atoms with Crippen molar-refractivity contribution in [3.63, 3.8) is 0 Å². The second-order valence-electron chi connectivity index (χ2n) is 8.80. The summed E-state index contributed by atoms with van der Waals surface area (Å²) in [5.41, 5.74) is 3.73. The molecular weight excluding hydrogens is 432 g/mol. The first-order chi connectivity index (χ1) is 16.4. The van der Waals surface area contributed by atoms with Crippen molar-refractivity contribution in [2.75, 3.05) is 11.9 Å². The summed E-state index contributed by atoms with van der Waals surface area (Å²) < 4.78 is -0.153. The van der Waals surface area contributed by atoms with Gasteiger partial charge in [-0.15, -0.1) is 4.59 Å². The smallest absolute Gasteiger partial charge is 0.269 e. The summed E-state index contributed by atoms with van der Waals surface area (Å²) in [6.07, 6.45) is 6.72. The molecule has 3 aromatic rings. The number of benzene rings is 2. The lowest BCUT2D eigenvalue weighted by Gasteiger charge is -2.23. The number of nitrogens with one attached hydrogen (secondary N) is 2. The Morgan fingerprint density at radius 3 is 2.97 bits per heavy atom. The maximum Gasteiger partial charge on any atom is 0.269 e. The highest BCUT2D eigenvalue weighted by molar-refractivity contribution is 5.93. The predicted molar refractivity (Wildman–Crippen MR) is 132 cm³/mol. The topological polar surface area (TPSA) is 131 Å². The van der Waals surface area contributed by atoms with Crippen molar-refractivity contribution in [1.82, 2.24) is 19.9 Å². The van der Waals surface area contributed by atoms with E-state index in [0.717, 1.165) is 29.9 Å². The van der Waals surface area contributed by atoms with E-state index in [2.05, 4.69) is 37.7 Å². The minimum Gasteiger partial charge on any atom is -0.348 e. The van der Waals surface area contributed by atoms with Crippen LogP contribution in [0.15, 0.2) is 59.7 Å². The van der Waals surface area contributed by atoms with E-state index >= 15 is 0 Å². The fourth-order valence-electron chi connectivity index (χ4n) is 4.54.